The zero-order chi connectivity index (χ0) is 49.8. The second-order valence-electron chi connectivity index (χ2n) is 19.2. The number of phenolic OH excluding ortho intramolecular Hbond substituents is 2. The zero-order valence-electron chi connectivity index (χ0n) is 40.9. The van der Waals surface area contributed by atoms with Crippen LogP contribution in [0.4, 0.5) is 5.69 Å². The molecule has 5 aromatic rings. The number of ether oxygens (including phenoxy) is 2. The lowest BCUT2D eigenvalue weighted by atomic mass is 9.84. The number of carbonyl (C=O) groups is 3. The molecule has 3 aliphatic heterocycles. The molecule has 14 nitrogen and oxygen atoms in total. The van der Waals surface area contributed by atoms with Crippen molar-refractivity contribution in [2.24, 2.45) is 0 Å². The van der Waals surface area contributed by atoms with Gasteiger partial charge in [-0.15, -0.1) is 0 Å². The summed E-state index contributed by atoms with van der Waals surface area (Å²) in [5.41, 5.74) is 8.45. The van der Waals surface area contributed by atoms with E-state index in [-0.39, 0.29) is 52.8 Å². The van der Waals surface area contributed by atoms with Gasteiger partial charge in [0.15, 0.2) is 0 Å². The van der Waals surface area contributed by atoms with Crippen molar-refractivity contribution < 1.29 is 39.2 Å². The van der Waals surface area contributed by atoms with Gasteiger partial charge in [0, 0.05) is 119 Å². The second-order valence-corrected chi connectivity index (χ2v) is 19.2. The Kier molecular flexibility index (Phi) is 14.6. The largest absolute Gasteiger partial charge is 0.508 e. The van der Waals surface area contributed by atoms with Gasteiger partial charge in [0.2, 0.25) is 0 Å². The minimum absolute atomic E-state index is 0.0145. The van der Waals surface area contributed by atoms with Crippen LogP contribution in [0.5, 0.6) is 23.0 Å². The van der Waals surface area contributed by atoms with E-state index in [1.54, 1.807) is 17.0 Å². The van der Waals surface area contributed by atoms with Gasteiger partial charge in [-0.2, -0.15) is 0 Å². The molecule has 4 aliphatic rings. The van der Waals surface area contributed by atoms with Gasteiger partial charge in [-0.25, -0.2) is 4.79 Å². The molecule has 1 fully saturated rings. The molecule has 5 aromatic carbocycles. The van der Waals surface area contributed by atoms with E-state index in [9.17, 15) is 29.7 Å². The SMILES string of the molecule is CN(C)c1ccc2c(c1)OC1=CC(N(C)C)C=CC1=C2c1ccc(C(=O)NCCCCCN2CCN(Cc3ccc4c(c3)CN(C(=O)c3c(O)cc(O)cc3OCc3ccccc3)C4)CC2)cc1C(=O)O. The van der Waals surface area contributed by atoms with Crippen molar-refractivity contribution >= 4 is 29.0 Å². The summed E-state index contributed by atoms with van der Waals surface area (Å²) >= 11 is 0. The highest BCUT2D eigenvalue weighted by molar-refractivity contribution is 6.04. The Balaban J connectivity index is 0.731. The molecule has 0 spiro atoms. The van der Waals surface area contributed by atoms with Crippen molar-refractivity contribution in [3.05, 3.63) is 177 Å². The lowest BCUT2D eigenvalue weighted by molar-refractivity contribution is 0.0694. The normalized spacial score (nSPS) is 16.5. The molecule has 3 heterocycles. The number of aromatic carboxylic acids is 1. The first kappa shape index (κ1) is 48.6. The zero-order valence-corrected chi connectivity index (χ0v) is 40.9. The third kappa shape index (κ3) is 11.0. The van der Waals surface area contributed by atoms with E-state index in [1.165, 1.54) is 23.8 Å². The van der Waals surface area contributed by atoms with Crippen LogP contribution in [0.1, 0.15) is 83.7 Å². The minimum Gasteiger partial charge on any atom is -0.508 e. The first-order chi connectivity index (χ1) is 34.3. The van der Waals surface area contributed by atoms with E-state index in [0.717, 1.165) is 97.6 Å². The third-order valence-electron chi connectivity index (χ3n) is 13.8. The van der Waals surface area contributed by atoms with E-state index in [1.807, 2.05) is 93.8 Å². The number of anilines is 1. The summed E-state index contributed by atoms with van der Waals surface area (Å²) in [5.74, 6) is -0.826. The Morgan fingerprint density at radius 3 is 2.31 bits per heavy atom. The highest BCUT2D eigenvalue weighted by Crippen LogP contribution is 2.46. The Morgan fingerprint density at radius 1 is 0.789 bits per heavy atom. The molecule has 1 aliphatic carbocycles. The maximum Gasteiger partial charge on any atom is 0.336 e. The van der Waals surface area contributed by atoms with Crippen LogP contribution in [0.25, 0.3) is 5.57 Å². The first-order valence-corrected chi connectivity index (χ1v) is 24.3. The fourth-order valence-corrected chi connectivity index (χ4v) is 9.78. The summed E-state index contributed by atoms with van der Waals surface area (Å²) < 4.78 is 12.4. The number of benzene rings is 5. The number of phenols is 2. The molecule has 2 amide bonds. The predicted molar refractivity (Wildman–Crippen MR) is 274 cm³/mol. The summed E-state index contributed by atoms with van der Waals surface area (Å²) in [5, 5.41) is 34.5. The highest BCUT2D eigenvalue weighted by atomic mass is 16.5. The number of hydrogen-bond donors (Lipinski definition) is 4. The quantitative estimate of drug-likeness (QED) is 0.0670. The molecule has 0 radical (unpaired) electrons. The average molecular weight is 959 g/mol. The van der Waals surface area contributed by atoms with E-state index in [0.29, 0.717) is 42.3 Å². The number of hydrogen-bond acceptors (Lipinski definition) is 11. The average Bonchev–Trinajstić information content (AvgIpc) is 3.79. The van der Waals surface area contributed by atoms with Gasteiger partial charge >= 0.3 is 5.97 Å². The predicted octanol–water partition coefficient (Wildman–Crippen LogP) is 7.89. The van der Waals surface area contributed by atoms with Crippen LogP contribution >= 0.6 is 0 Å². The van der Waals surface area contributed by atoms with Crippen molar-refractivity contribution in [2.45, 2.75) is 51.5 Å². The number of allylic oxidation sites excluding steroid dienone is 1. The number of rotatable bonds is 17. The summed E-state index contributed by atoms with van der Waals surface area (Å²) in [4.78, 5) is 50.8. The maximum atomic E-state index is 13.8. The molecule has 0 bridgehead atoms. The van der Waals surface area contributed by atoms with E-state index in [2.05, 4.69) is 44.3 Å². The molecule has 368 valence electrons. The molecule has 9 rings (SSSR count). The highest BCUT2D eigenvalue weighted by Gasteiger charge is 2.32. The molecule has 0 saturated carbocycles. The minimum atomic E-state index is -1.11. The Hall–Kier alpha value is -7.39. The molecule has 71 heavy (non-hydrogen) atoms. The van der Waals surface area contributed by atoms with Gasteiger partial charge in [-0.1, -0.05) is 73.2 Å². The number of carboxylic acids is 1. The molecular formula is C57H62N6O8. The van der Waals surface area contributed by atoms with Crippen LogP contribution in [0.15, 0.2) is 127 Å². The molecular weight excluding hydrogens is 897 g/mol. The number of fused-ring (bicyclic) bond motifs is 3. The summed E-state index contributed by atoms with van der Waals surface area (Å²) in [6, 6.07) is 29.3. The van der Waals surface area contributed by atoms with Gasteiger partial charge in [0.05, 0.1) is 5.56 Å². The topological polar surface area (TPSA) is 159 Å². The fraction of sp³-hybridized carbons (Fsp3) is 0.316. The lowest BCUT2D eigenvalue weighted by Gasteiger charge is -2.34. The van der Waals surface area contributed by atoms with E-state index < -0.39 is 5.97 Å². The molecule has 0 aromatic heterocycles. The summed E-state index contributed by atoms with van der Waals surface area (Å²) in [6.45, 7) is 7.13. The van der Waals surface area contributed by atoms with Crippen molar-refractivity contribution in [3.8, 4) is 23.0 Å². The standard InChI is InChI=1S/C57H62N6O8/c1-59(2)42-16-19-46-50(29-42)71-51-30-43(60(3)4)17-20-47(51)53(46)45-18-15-39(28-48(45)57(68)69)55(66)58-21-9-6-10-22-61-23-25-62(26-24-61)33-38-13-14-40-34-63(35-41(40)27-38)56(67)54-49(65)31-44(64)32-52(54)70-36-37-11-7-5-8-12-37/h5,7-8,11-20,27-32,42,64-65H,6,9-10,21-26,33-36H2,1-4H3,(H,58,66)(H,68,69). The number of nitrogens with one attached hydrogen (secondary N) is 1. The number of likely N-dealkylation sites (N-methyl/N-ethyl adjacent to an activating group) is 1. The van der Waals surface area contributed by atoms with Crippen molar-refractivity contribution in [2.75, 3.05) is 72.4 Å². The first-order valence-electron chi connectivity index (χ1n) is 24.3. The summed E-state index contributed by atoms with van der Waals surface area (Å²) in [7, 11) is 7.92. The van der Waals surface area contributed by atoms with E-state index >= 15 is 0 Å². The van der Waals surface area contributed by atoms with Crippen LogP contribution in [-0.2, 0) is 26.2 Å². The van der Waals surface area contributed by atoms with Crippen LogP contribution in [0.3, 0.4) is 0 Å². The number of carboxylic acid groups (broad SMARTS) is 1. The number of nitrogens with zero attached hydrogens (tertiary/aromatic N) is 5. The Morgan fingerprint density at radius 2 is 1.55 bits per heavy atom. The molecule has 1 saturated heterocycles. The smallest absolute Gasteiger partial charge is 0.336 e. The monoisotopic (exact) mass is 958 g/mol. The van der Waals surface area contributed by atoms with Crippen LogP contribution in [0, 0.1) is 0 Å². The lowest BCUT2D eigenvalue weighted by Crippen LogP contribution is -2.46. The number of piperazine rings is 1. The van der Waals surface area contributed by atoms with Gasteiger partial charge in [-0.05, 0) is 91.6 Å². The maximum absolute atomic E-state index is 13.8. The summed E-state index contributed by atoms with van der Waals surface area (Å²) in [6.07, 6.45) is 8.88. The van der Waals surface area contributed by atoms with Crippen molar-refractivity contribution in [1.29, 1.82) is 0 Å². The second kappa shape index (κ2) is 21.3. The van der Waals surface area contributed by atoms with Crippen LogP contribution in [-0.4, -0.2) is 126 Å². The van der Waals surface area contributed by atoms with Crippen LogP contribution in [0.2, 0.25) is 0 Å². The molecule has 4 N–H and O–H groups in total. The van der Waals surface area contributed by atoms with Gasteiger partial charge in [-0.3, -0.25) is 19.4 Å². The number of aromatic hydroxyl groups is 2. The Bertz CT molecular complexity index is 2920. The van der Waals surface area contributed by atoms with Gasteiger partial charge in [0.25, 0.3) is 11.8 Å². The Labute approximate surface area is 415 Å². The van der Waals surface area contributed by atoms with Crippen molar-refractivity contribution in [1.82, 2.24) is 24.9 Å². The van der Waals surface area contributed by atoms with Gasteiger partial charge in [0.1, 0.15) is 40.9 Å². The molecule has 1 unspecified atom stereocenters. The van der Waals surface area contributed by atoms with E-state index in [4.69, 9.17) is 9.47 Å². The molecule has 14 heteroatoms. The molecule has 1 atom stereocenters. The number of carbonyl (C=O) groups excluding carboxylic acids is 2. The fourth-order valence-electron chi connectivity index (χ4n) is 9.78. The number of amides is 2. The van der Waals surface area contributed by atoms with Crippen LogP contribution < -0.4 is 19.7 Å². The van der Waals surface area contributed by atoms with Crippen molar-refractivity contribution in [3.63, 3.8) is 0 Å². The van der Waals surface area contributed by atoms with Gasteiger partial charge < -0.3 is 44.8 Å². The number of unbranched alkanes of at least 4 members (excludes halogenated alkanes) is 2. The third-order valence-corrected chi connectivity index (χ3v) is 13.8.